The first-order chi connectivity index (χ1) is 48.7. The fourth-order valence-corrected chi connectivity index (χ4v) is 12.7. The molecule has 5 aromatic carbocycles. The van der Waals surface area contributed by atoms with Crippen LogP contribution < -0.4 is 35.5 Å². The summed E-state index contributed by atoms with van der Waals surface area (Å²) in [5.74, 6) is 1.91. The number of imidazole rings is 3. The molecule has 97 heavy (non-hydrogen) atoms. The van der Waals surface area contributed by atoms with Crippen molar-refractivity contribution in [3.8, 4) is 50.6 Å². The van der Waals surface area contributed by atoms with Gasteiger partial charge in [-0.05, 0) is 111 Å². The third-order valence-corrected chi connectivity index (χ3v) is 17.3. The summed E-state index contributed by atoms with van der Waals surface area (Å²) in [4.78, 5) is 33.4. The monoisotopic (exact) mass is 1310 g/mol. The summed E-state index contributed by atoms with van der Waals surface area (Å²) in [5.41, 5.74) is 15.7. The van der Waals surface area contributed by atoms with Gasteiger partial charge in [0.05, 0.1) is 60.2 Å². The average Bonchev–Trinajstić information content (AvgIpc) is 1.67. The maximum atomic E-state index is 15.0. The van der Waals surface area contributed by atoms with Gasteiger partial charge in [0.2, 0.25) is 17.8 Å². The summed E-state index contributed by atoms with van der Waals surface area (Å²) in [6.45, 7) is 16.3. The molecule has 0 saturated carbocycles. The van der Waals surface area contributed by atoms with E-state index in [1.807, 2.05) is 75.2 Å². The van der Waals surface area contributed by atoms with Gasteiger partial charge in [0.25, 0.3) is 0 Å². The van der Waals surface area contributed by atoms with Gasteiger partial charge in [-0.3, -0.25) is 13.2 Å². The van der Waals surface area contributed by atoms with Gasteiger partial charge in [-0.25, -0.2) is 47.8 Å². The number of fused-ring (bicyclic) bond motifs is 6. The van der Waals surface area contributed by atoms with Gasteiger partial charge in [-0.1, -0.05) is 49.0 Å². The molecule has 4 aliphatic rings. The summed E-state index contributed by atoms with van der Waals surface area (Å²) in [6.07, 6.45) is 12.6. The van der Waals surface area contributed by atoms with Crippen LogP contribution in [0.1, 0.15) is 78.7 Å². The van der Waals surface area contributed by atoms with E-state index in [0.717, 1.165) is 93.2 Å². The number of anilines is 3. The Labute approximate surface area is 563 Å². The summed E-state index contributed by atoms with van der Waals surface area (Å²) >= 11 is 0. The molecule has 3 atom stereocenters. The molecule has 4 aliphatic heterocycles. The Kier molecular flexibility index (Phi) is 16.4. The van der Waals surface area contributed by atoms with Crippen LogP contribution in [0, 0.1) is 51.7 Å². The van der Waals surface area contributed by atoms with E-state index in [0.29, 0.717) is 96.2 Å². The molecule has 11 heterocycles. The third-order valence-electron chi connectivity index (χ3n) is 17.3. The van der Waals surface area contributed by atoms with Crippen molar-refractivity contribution in [3.63, 3.8) is 0 Å². The predicted molar refractivity (Wildman–Crippen MR) is 365 cm³/mol. The molecule has 21 nitrogen and oxygen atoms in total. The van der Waals surface area contributed by atoms with E-state index in [1.54, 1.807) is 53.1 Å². The SMILES string of the molecule is Cc1cn2c(NCc3c(F)ccc4c3CCO4)ncc(-c3ccc(C4COCCN4)cc3)c2n1.[2H]C1Oc2ccc(F)c(C([2H])([2H])Nc3ncc(-c4ccc(CN(C)C)cc4C)c4nc(C)cn34)c2C1[2H].[C-]#[N+]c1nn(C)cc1-c1cnc(NCc2c(F)ccc3c2CCO3)n2cc(C)nc12. The molecule has 24 heteroatoms. The van der Waals surface area contributed by atoms with Gasteiger partial charge < -0.3 is 50.0 Å². The van der Waals surface area contributed by atoms with Crippen molar-refractivity contribution in [2.45, 2.75) is 79.1 Å². The van der Waals surface area contributed by atoms with Gasteiger partial charge in [0.15, 0.2) is 0 Å². The molecule has 1 saturated heterocycles. The lowest BCUT2D eigenvalue weighted by Crippen LogP contribution is -2.34. The maximum absolute atomic E-state index is 15.0. The standard InChI is InChI=1S/C26H26FN5O2.C26H28FN5O.C21H18FN7O/c1-16-14-32-25(31-16)20(17-2-4-18(5-3-17)23-15-33-11-9-28-23)12-29-26(32)30-13-21-19-8-10-34-24(19)7-6-22(21)27;1-16-11-18(15-31(3)4)5-6-19(16)22-13-29-26(32-14-17(2)30-25(22)32)28-12-21-20-9-10-33-24(20)8-7-23(21)27;1-12-10-29-20(26-12)15(16-11-28(3)27-19(16)23-2)9-25-21(29)24-8-14-13-6-7-30-18(13)5-4-17(14)22/h2-7,12,14,23,28H,8-11,13,15H2,1H3,(H,29,30);5-8,11,13-14H,9-10,12,15H2,1-4H3,(H,28,29);4-5,9-11H,6-8H2,1,3H3,(H,24,25)/i;9D,10D,12D2;. The highest BCUT2D eigenvalue weighted by molar-refractivity contribution is 5.85. The molecule has 4 N–H and O–H groups in total. The predicted octanol–water partition coefficient (Wildman–Crippen LogP) is 12.5. The molecule has 3 unspecified atom stereocenters. The first-order valence-electron chi connectivity index (χ1n) is 33.9. The van der Waals surface area contributed by atoms with E-state index in [4.69, 9.17) is 36.0 Å². The highest BCUT2D eigenvalue weighted by Gasteiger charge is 2.26. The molecular weight excluding hydrogens is 1240 g/mol. The van der Waals surface area contributed by atoms with Crippen molar-refractivity contribution in [2.24, 2.45) is 7.05 Å². The minimum Gasteiger partial charge on any atom is -0.493 e. The van der Waals surface area contributed by atoms with E-state index >= 15 is 0 Å². The van der Waals surface area contributed by atoms with E-state index in [-0.39, 0.29) is 47.0 Å². The number of ether oxygens (including phenoxy) is 4. The van der Waals surface area contributed by atoms with Crippen LogP contribution in [-0.4, -0.2) is 111 Å². The minimum atomic E-state index is -2.45. The number of nitrogens with one attached hydrogen (secondary N) is 4. The van der Waals surface area contributed by atoms with Gasteiger partial charge in [0, 0.05) is 159 Å². The smallest absolute Gasteiger partial charge is 0.303 e. The van der Waals surface area contributed by atoms with E-state index in [2.05, 4.69) is 97.4 Å². The molecule has 1 fully saturated rings. The zero-order valence-electron chi connectivity index (χ0n) is 58.4. The van der Waals surface area contributed by atoms with E-state index in [1.165, 1.54) is 29.3 Å². The first kappa shape index (κ1) is 58.7. The Hall–Kier alpha value is -10.9. The highest BCUT2D eigenvalue weighted by Crippen LogP contribution is 2.37. The maximum Gasteiger partial charge on any atom is 0.303 e. The molecular formula is C73H72F3N17O4. The Morgan fingerprint density at radius 2 is 1.16 bits per heavy atom. The fourth-order valence-electron chi connectivity index (χ4n) is 12.7. The van der Waals surface area contributed by atoms with Crippen LogP contribution >= 0.6 is 0 Å². The molecule has 494 valence electrons. The molecule has 0 aliphatic carbocycles. The number of hydrogen-bond donors (Lipinski definition) is 4. The largest absolute Gasteiger partial charge is 0.493 e. The molecule has 12 aromatic rings. The molecule has 0 bridgehead atoms. The lowest BCUT2D eigenvalue weighted by atomic mass is 10.00. The van der Waals surface area contributed by atoms with Crippen molar-refractivity contribution in [1.82, 2.24) is 63.1 Å². The second-order valence-corrected chi connectivity index (χ2v) is 24.4. The Balaban J connectivity index is 0.000000129. The van der Waals surface area contributed by atoms with Crippen LogP contribution in [0.5, 0.6) is 17.2 Å². The van der Waals surface area contributed by atoms with Crippen molar-refractivity contribution >= 4 is 40.6 Å². The number of nitrogens with zero attached hydrogens (tertiary/aromatic N) is 13. The molecule has 16 rings (SSSR count). The number of aromatic nitrogens is 11. The highest BCUT2D eigenvalue weighted by atomic mass is 19.1. The summed E-state index contributed by atoms with van der Waals surface area (Å²) < 4.78 is 107. The third kappa shape index (κ3) is 13.0. The van der Waals surface area contributed by atoms with Gasteiger partial charge >= 0.3 is 5.82 Å². The van der Waals surface area contributed by atoms with Crippen LogP contribution in [0.3, 0.4) is 0 Å². The summed E-state index contributed by atoms with van der Waals surface area (Å²) in [6, 6.07) is 23.6. The van der Waals surface area contributed by atoms with Crippen LogP contribution in [-0.2, 0) is 57.2 Å². The summed E-state index contributed by atoms with van der Waals surface area (Å²) in [7, 11) is 5.81. The topological polar surface area (TPSA) is 201 Å². The normalized spacial score (nSPS) is 16.7. The van der Waals surface area contributed by atoms with Crippen molar-refractivity contribution < 1.29 is 37.6 Å². The number of morpholine rings is 1. The molecule has 0 amide bonds. The number of hydrogen-bond acceptors (Lipinski definition) is 16. The van der Waals surface area contributed by atoms with Gasteiger partial charge in [-0.2, -0.15) is 0 Å². The molecule has 0 radical (unpaired) electrons. The number of benzene rings is 5. The van der Waals surface area contributed by atoms with Crippen LogP contribution in [0.25, 0.3) is 55.2 Å². The number of halogens is 3. The molecule has 0 spiro atoms. The Morgan fingerprint density at radius 3 is 1.71 bits per heavy atom. The van der Waals surface area contributed by atoms with Gasteiger partial charge in [0.1, 0.15) is 51.6 Å². The van der Waals surface area contributed by atoms with Crippen molar-refractivity contribution in [2.75, 3.05) is 69.6 Å². The van der Waals surface area contributed by atoms with E-state index < -0.39 is 25.3 Å². The zero-order valence-corrected chi connectivity index (χ0v) is 54.4. The average molecular weight is 1310 g/mol. The van der Waals surface area contributed by atoms with Crippen LogP contribution in [0.4, 0.5) is 36.8 Å². The molecule has 7 aromatic heterocycles. The number of aryl methyl sites for hydroxylation is 5. The zero-order chi connectivity index (χ0) is 70.5. The lowest BCUT2D eigenvalue weighted by Gasteiger charge is -2.24. The Bertz CT molecular complexity index is 5200. The van der Waals surface area contributed by atoms with Crippen LogP contribution in [0.15, 0.2) is 122 Å². The first-order valence-corrected chi connectivity index (χ1v) is 31.8. The van der Waals surface area contributed by atoms with E-state index in [9.17, 15) is 13.2 Å². The minimum absolute atomic E-state index is 0.0283. The van der Waals surface area contributed by atoms with Gasteiger partial charge in [-0.15, -0.1) is 0 Å². The summed E-state index contributed by atoms with van der Waals surface area (Å²) in [5, 5.41) is 16.9. The van der Waals surface area contributed by atoms with Crippen molar-refractivity contribution in [1.29, 1.82) is 0 Å². The van der Waals surface area contributed by atoms with Crippen molar-refractivity contribution in [3.05, 3.63) is 218 Å². The number of rotatable bonds is 15. The lowest BCUT2D eigenvalue weighted by molar-refractivity contribution is 0.0769. The second-order valence-electron chi connectivity index (χ2n) is 24.4. The van der Waals surface area contributed by atoms with Crippen LogP contribution in [0.2, 0.25) is 0 Å². The second kappa shape index (κ2) is 27.1. The quantitative estimate of drug-likeness (QED) is 0.0706. The fraction of sp³-hybridized carbons (Fsp3) is 0.288. The Morgan fingerprint density at radius 1 is 0.629 bits per heavy atom.